The number of hydrogen-bond donors (Lipinski definition) is 1. The first-order valence-electron chi connectivity index (χ1n) is 4.63. The van der Waals surface area contributed by atoms with Crippen molar-refractivity contribution < 1.29 is 14.7 Å². The molecule has 1 heterocycles. The Morgan fingerprint density at radius 2 is 2.19 bits per heavy atom. The van der Waals surface area contributed by atoms with Gasteiger partial charge in [0.05, 0.1) is 15.1 Å². The average molecular weight is 336 g/mol. The molecule has 6 heteroatoms. The number of aromatic nitrogens is 1. The Labute approximate surface area is 107 Å². The minimum atomic E-state index is -0.638. The highest BCUT2D eigenvalue weighted by Gasteiger charge is 2.15. The molecule has 0 unspecified atom stereocenters. The van der Waals surface area contributed by atoms with Crippen LogP contribution in [0.1, 0.15) is 20.8 Å². The lowest BCUT2D eigenvalue weighted by atomic mass is 10.2. The standard InChI is InChI=1S/C10H13IN2O3/c1-10(2,3)16-9(14)12-8-4-5-13(15)6-7(8)11/h4-6,15H,1-3H3/b12-8+. The molecule has 0 aromatic carbocycles. The lowest BCUT2D eigenvalue weighted by Crippen LogP contribution is -2.23. The molecule has 0 bridgehead atoms. The Hall–Kier alpha value is -1.05. The summed E-state index contributed by atoms with van der Waals surface area (Å²) in [5.41, 5.74) is -0.558. The molecule has 5 nitrogen and oxygen atoms in total. The summed E-state index contributed by atoms with van der Waals surface area (Å²) in [7, 11) is 0. The quantitative estimate of drug-likeness (QED) is 0.583. The zero-order valence-corrected chi connectivity index (χ0v) is 11.4. The van der Waals surface area contributed by atoms with Crippen molar-refractivity contribution >= 4 is 28.7 Å². The predicted octanol–water partition coefficient (Wildman–Crippen LogP) is 2.17. The largest absolute Gasteiger partial charge is 0.442 e. The topological polar surface area (TPSA) is 63.8 Å². The number of hydrogen-bond acceptors (Lipinski definition) is 3. The normalized spacial score (nSPS) is 12.6. The van der Waals surface area contributed by atoms with E-state index in [2.05, 4.69) is 4.99 Å². The molecule has 0 saturated carbocycles. The highest BCUT2D eigenvalue weighted by atomic mass is 127. The lowest BCUT2D eigenvalue weighted by Gasteiger charge is -2.17. The van der Waals surface area contributed by atoms with E-state index in [0.29, 0.717) is 8.93 Å². The Balaban J connectivity index is 2.96. The van der Waals surface area contributed by atoms with Crippen molar-refractivity contribution in [3.8, 4) is 0 Å². The van der Waals surface area contributed by atoms with Crippen molar-refractivity contribution in [3.05, 3.63) is 27.4 Å². The van der Waals surface area contributed by atoms with Gasteiger partial charge in [-0.2, -0.15) is 4.99 Å². The molecule has 1 amide bonds. The third-order valence-electron chi connectivity index (χ3n) is 1.48. The van der Waals surface area contributed by atoms with E-state index in [1.54, 1.807) is 20.8 Å². The highest BCUT2D eigenvalue weighted by Crippen LogP contribution is 2.07. The van der Waals surface area contributed by atoms with Gasteiger partial charge in [-0.05, 0) is 49.4 Å². The molecule has 0 saturated heterocycles. The summed E-state index contributed by atoms with van der Waals surface area (Å²) in [5.74, 6) is 0. The number of pyridine rings is 1. The molecule has 88 valence electrons. The molecule has 1 aromatic rings. The van der Waals surface area contributed by atoms with Crippen LogP contribution in [0, 0.1) is 3.57 Å². The molecular weight excluding hydrogens is 323 g/mol. The van der Waals surface area contributed by atoms with Crippen LogP contribution in [-0.2, 0) is 4.74 Å². The fourth-order valence-electron chi connectivity index (χ4n) is 0.926. The third-order valence-corrected chi connectivity index (χ3v) is 2.31. The lowest BCUT2D eigenvalue weighted by molar-refractivity contribution is 0.0597. The first-order valence-corrected chi connectivity index (χ1v) is 5.70. The summed E-state index contributed by atoms with van der Waals surface area (Å²) >= 11 is 1.97. The Morgan fingerprint density at radius 3 is 2.69 bits per heavy atom. The van der Waals surface area contributed by atoms with Gasteiger partial charge in [-0.15, -0.1) is 0 Å². The number of carbonyl (C=O) groups excluding carboxylic acids is 1. The van der Waals surface area contributed by atoms with E-state index < -0.39 is 11.7 Å². The van der Waals surface area contributed by atoms with Gasteiger partial charge in [-0.1, -0.05) is 0 Å². The van der Waals surface area contributed by atoms with Crippen molar-refractivity contribution in [2.75, 3.05) is 0 Å². The molecular formula is C10H13IN2O3. The van der Waals surface area contributed by atoms with E-state index in [4.69, 9.17) is 9.94 Å². The van der Waals surface area contributed by atoms with Gasteiger partial charge in [-0.25, -0.2) is 9.52 Å². The van der Waals surface area contributed by atoms with Gasteiger partial charge in [0, 0.05) is 6.20 Å². The van der Waals surface area contributed by atoms with E-state index in [0.717, 1.165) is 4.73 Å². The van der Waals surface area contributed by atoms with Crippen LogP contribution >= 0.6 is 22.6 Å². The van der Waals surface area contributed by atoms with E-state index in [9.17, 15) is 4.79 Å². The molecule has 0 fully saturated rings. The molecule has 0 aliphatic carbocycles. The van der Waals surface area contributed by atoms with Crippen molar-refractivity contribution in [2.24, 2.45) is 4.99 Å². The second-order valence-corrected chi connectivity index (χ2v) is 5.31. The fraction of sp³-hybridized carbons (Fsp3) is 0.400. The molecule has 0 radical (unpaired) electrons. The Morgan fingerprint density at radius 1 is 1.56 bits per heavy atom. The second-order valence-electron chi connectivity index (χ2n) is 4.15. The van der Waals surface area contributed by atoms with Crippen molar-refractivity contribution in [1.82, 2.24) is 4.73 Å². The summed E-state index contributed by atoms with van der Waals surface area (Å²) in [5, 5.41) is 9.58. The first-order chi connectivity index (χ1) is 7.28. The SMILES string of the molecule is CC(C)(C)OC(=O)/N=c1\ccn(O)cc1I. The van der Waals surface area contributed by atoms with Gasteiger partial charge in [0.2, 0.25) is 0 Å². The molecule has 1 rings (SSSR count). The number of nitrogens with zero attached hydrogens (tertiary/aromatic N) is 2. The van der Waals surface area contributed by atoms with Crippen molar-refractivity contribution in [3.63, 3.8) is 0 Å². The fourth-order valence-corrected chi connectivity index (χ4v) is 1.51. The Bertz CT molecular complexity index is 460. The van der Waals surface area contributed by atoms with Crippen LogP contribution in [0.4, 0.5) is 4.79 Å². The zero-order chi connectivity index (χ0) is 12.3. The highest BCUT2D eigenvalue weighted by molar-refractivity contribution is 14.1. The number of rotatable bonds is 0. The molecule has 0 spiro atoms. The number of amides is 1. The molecule has 0 atom stereocenters. The van der Waals surface area contributed by atoms with Crippen LogP contribution in [0.2, 0.25) is 0 Å². The average Bonchev–Trinajstić information content (AvgIpc) is 2.06. The predicted molar refractivity (Wildman–Crippen MR) is 66.1 cm³/mol. The maximum Gasteiger partial charge on any atom is 0.434 e. The van der Waals surface area contributed by atoms with Crippen molar-refractivity contribution in [2.45, 2.75) is 26.4 Å². The number of ether oxygens (including phenoxy) is 1. The molecule has 0 aliphatic heterocycles. The van der Waals surface area contributed by atoms with E-state index in [1.807, 2.05) is 22.6 Å². The van der Waals surface area contributed by atoms with Crippen molar-refractivity contribution in [1.29, 1.82) is 0 Å². The van der Waals surface area contributed by atoms with Crippen LogP contribution in [0.5, 0.6) is 0 Å². The van der Waals surface area contributed by atoms with Crippen LogP contribution in [0.3, 0.4) is 0 Å². The minimum Gasteiger partial charge on any atom is -0.442 e. The molecule has 1 aromatic heterocycles. The van der Waals surface area contributed by atoms with E-state index in [1.165, 1.54) is 18.5 Å². The van der Waals surface area contributed by atoms with Crippen LogP contribution < -0.4 is 5.36 Å². The van der Waals surface area contributed by atoms with Crippen LogP contribution in [0.15, 0.2) is 23.5 Å². The van der Waals surface area contributed by atoms with Gasteiger partial charge in [0.25, 0.3) is 0 Å². The second kappa shape index (κ2) is 4.86. The summed E-state index contributed by atoms with van der Waals surface area (Å²) in [6.07, 6.45) is 2.20. The first kappa shape index (κ1) is 13.0. The van der Waals surface area contributed by atoms with Gasteiger partial charge in [0.1, 0.15) is 5.60 Å². The summed E-state index contributed by atoms with van der Waals surface area (Å²) in [4.78, 5) is 15.2. The summed E-state index contributed by atoms with van der Waals surface area (Å²) < 4.78 is 6.61. The maximum absolute atomic E-state index is 11.4. The van der Waals surface area contributed by atoms with Gasteiger partial charge in [0.15, 0.2) is 0 Å². The van der Waals surface area contributed by atoms with E-state index in [-0.39, 0.29) is 0 Å². The molecule has 16 heavy (non-hydrogen) atoms. The monoisotopic (exact) mass is 336 g/mol. The number of carbonyl (C=O) groups is 1. The Kier molecular flexibility index (Phi) is 3.95. The van der Waals surface area contributed by atoms with Gasteiger partial charge < -0.3 is 9.94 Å². The third kappa shape index (κ3) is 4.21. The zero-order valence-electron chi connectivity index (χ0n) is 9.27. The van der Waals surface area contributed by atoms with Gasteiger partial charge in [-0.3, -0.25) is 0 Å². The van der Waals surface area contributed by atoms with Crippen LogP contribution in [-0.4, -0.2) is 21.6 Å². The summed E-state index contributed by atoms with van der Waals surface area (Å²) in [6.45, 7) is 5.33. The summed E-state index contributed by atoms with van der Waals surface area (Å²) in [6, 6.07) is 1.53. The van der Waals surface area contributed by atoms with Gasteiger partial charge >= 0.3 is 6.09 Å². The maximum atomic E-state index is 11.4. The minimum absolute atomic E-state index is 0.472. The smallest absolute Gasteiger partial charge is 0.434 e. The van der Waals surface area contributed by atoms with E-state index >= 15 is 0 Å². The number of halogens is 1. The van der Waals surface area contributed by atoms with Crippen LogP contribution in [0.25, 0.3) is 0 Å². The molecule has 0 aliphatic rings. The molecule has 1 N–H and O–H groups in total.